The number of hydrogen-bond acceptors (Lipinski definition) is 8. The first-order valence-corrected chi connectivity index (χ1v) is 13.4. The molecule has 0 atom stereocenters. The molecule has 1 aromatic carbocycles. The van der Waals surface area contributed by atoms with Crippen molar-refractivity contribution in [3.8, 4) is 0 Å². The third-order valence-corrected chi connectivity index (χ3v) is 8.03. The third kappa shape index (κ3) is 6.09. The number of pyridine rings is 1. The van der Waals surface area contributed by atoms with Gasteiger partial charge in [0.15, 0.2) is 9.84 Å². The summed E-state index contributed by atoms with van der Waals surface area (Å²) in [5.41, 5.74) is 2.66. The molecule has 0 saturated carbocycles. The minimum Gasteiger partial charge on any atom is -0.465 e. The summed E-state index contributed by atoms with van der Waals surface area (Å²) in [6.45, 7) is 4.21. The topological polar surface area (TPSA) is 103 Å². The van der Waals surface area contributed by atoms with Gasteiger partial charge in [0.2, 0.25) is 0 Å². The van der Waals surface area contributed by atoms with Crippen molar-refractivity contribution < 1.29 is 22.7 Å². The van der Waals surface area contributed by atoms with Crippen molar-refractivity contribution in [1.82, 2.24) is 14.8 Å². The first-order valence-electron chi connectivity index (χ1n) is 11.6. The Morgan fingerprint density at radius 1 is 1.03 bits per heavy atom. The van der Waals surface area contributed by atoms with Gasteiger partial charge in [-0.25, -0.2) is 18.0 Å². The molecule has 0 radical (unpaired) electrons. The molecule has 2 aliphatic rings. The number of hydrogen-bond donors (Lipinski definition) is 0. The van der Waals surface area contributed by atoms with Crippen LogP contribution in [-0.2, 0) is 21.1 Å². The quantitative estimate of drug-likeness (QED) is 0.568. The van der Waals surface area contributed by atoms with Crippen molar-refractivity contribution in [3.63, 3.8) is 0 Å². The predicted octanol–water partition coefficient (Wildman–Crippen LogP) is 1.48. The van der Waals surface area contributed by atoms with E-state index in [0.717, 1.165) is 31.9 Å². The fraction of sp³-hybridized carbons (Fsp3) is 0.458. The van der Waals surface area contributed by atoms with Crippen LogP contribution in [0.1, 0.15) is 16.1 Å². The Kier molecular flexibility index (Phi) is 7.56. The van der Waals surface area contributed by atoms with E-state index in [1.165, 1.54) is 13.3 Å². The zero-order valence-corrected chi connectivity index (χ0v) is 20.9. The fourth-order valence-electron chi connectivity index (χ4n) is 4.18. The maximum Gasteiger partial charge on any atom is 0.339 e. The van der Waals surface area contributed by atoms with Crippen LogP contribution in [0.25, 0.3) is 0 Å². The van der Waals surface area contributed by atoms with Gasteiger partial charge in [-0.05, 0) is 37.4 Å². The summed E-state index contributed by atoms with van der Waals surface area (Å²) in [4.78, 5) is 37.5. The van der Waals surface area contributed by atoms with E-state index >= 15 is 0 Å². The van der Waals surface area contributed by atoms with E-state index < -0.39 is 15.8 Å². The lowest BCUT2D eigenvalue weighted by Gasteiger charge is -2.35. The molecule has 2 fully saturated rings. The summed E-state index contributed by atoms with van der Waals surface area (Å²) in [5.74, 6) is -0.564. The molecular formula is C24H31N5O5S. The second-order valence-corrected chi connectivity index (χ2v) is 11.2. The average molecular weight is 502 g/mol. The second-order valence-electron chi connectivity index (χ2n) is 8.85. The number of esters is 1. The third-order valence-electron chi connectivity index (χ3n) is 6.42. The van der Waals surface area contributed by atoms with Gasteiger partial charge in [0, 0.05) is 56.8 Å². The lowest BCUT2D eigenvalue weighted by molar-refractivity contribution is 0.0600. The van der Waals surface area contributed by atoms with Crippen LogP contribution < -0.4 is 9.80 Å². The van der Waals surface area contributed by atoms with Gasteiger partial charge in [-0.2, -0.15) is 0 Å². The molecule has 0 N–H and O–H groups in total. The first-order chi connectivity index (χ1) is 16.8. The maximum absolute atomic E-state index is 13.6. The molecule has 1 aromatic heterocycles. The summed E-state index contributed by atoms with van der Waals surface area (Å²) in [6.07, 6.45) is 1.43. The van der Waals surface area contributed by atoms with E-state index in [0.29, 0.717) is 16.9 Å². The van der Waals surface area contributed by atoms with Gasteiger partial charge in [0.1, 0.15) is 0 Å². The lowest BCUT2D eigenvalue weighted by atomic mass is 10.2. The second kappa shape index (κ2) is 10.6. The number of benzene rings is 1. The van der Waals surface area contributed by atoms with E-state index in [9.17, 15) is 18.0 Å². The predicted molar refractivity (Wildman–Crippen MR) is 134 cm³/mol. The molecule has 188 valence electrons. The number of urea groups is 1. The molecule has 4 rings (SSSR count). The number of carbonyl (C=O) groups is 2. The molecule has 2 saturated heterocycles. The van der Waals surface area contributed by atoms with Crippen LogP contribution in [0, 0.1) is 0 Å². The largest absolute Gasteiger partial charge is 0.465 e. The van der Waals surface area contributed by atoms with Crippen LogP contribution in [0.3, 0.4) is 0 Å². The Labute approximate surface area is 206 Å². The Morgan fingerprint density at radius 3 is 2.37 bits per heavy atom. The number of anilines is 2. The van der Waals surface area contributed by atoms with Gasteiger partial charge < -0.3 is 19.4 Å². The maximum atomic E-state index is 13.6. The van der Waals surface area contributed by atoms with Crippen LogP contribution in [0.15, 0.2) is 42.6 Å². The molecule has 2 aromatic rings. The molecule has 0 unspecified atom stereocenters. The molecule has 10 nitrogen and oxygen atoms in total. The first kappa shape index (κ1) is 24.9. The number of carbonyl (C=O) groups excluding carboxylic acids is 2. The number of sulfone groups is 1. The van der Waals surface area contributed by atoms with E-state index in [4.69, 9.17) is 4.74 Å². The molecule has 0 spiro atoms. The minimum absolute atomic E-state index is 0.0417. The number of rotatable bonds is 5. The van der Waals surface area contributed by atoms with Crippen molar-refractivity contribution in [2.75, 3.05) is 74.7 Å². The van der Waals surface area contributed by atoms with Crippen LogP contribution in [0.4, 0.5) is 16.2 Å². The summed E-state index contributed by atoms with van der Waals surface area (Å²) in [7, 11) is 0.292. The van der Waals surface area contributed by atoms with Gasteiger partial charge in [-0.1, -0.05) is 6.07 Å². The summed E-state index contributed by atoms with van der Waals surface area (Å²) in [6, 6.07) is 10.9. The molecule has 0 aliphatic carbocycles. The molecule has 2 amide bonds. The number of ether oxygens (including phenoxy) is 1. The van der Waals surface area contributed by atoms with E-state index in [-0.39, 0.29) is 37.2 Å². The summed E-state index contributed by atoms with van der Waals surface area (Å²) >= 11 is 0. The van der Waals surface area contributed by atoms with Crippen LogP contribution >= 0.6 is 0 Å². The summed E-state index contributed by atoms with van der Waals surface area (Å²) < 4.78 is 28.5. The Hall–Kier alpha value is -3.18. The van der Waals surface area contributed by atoms with Crippen molar-refractivity contribution in [1.29, 1.82) is 0 Å². The van der Waals surface area contributed by atoms with Crippen molar-refractivity contribution in [2.45, 2.75) is 6.54 Å². The smallest absolute Gasteiger partial charge is 0.339 e. The molecular weight excluding hydrogens is 470 g/mol. The highest BCUT2D eigenvalue weighted by Crippen LogP contribution is 2.26. The highest BCUT2D eigenvalue weighted by molar-refractivity contribution is 7.91. The van der Waals surface area contributed by atoms with Crippen molar-refractivity contribution in [3.05, 3.63) is 53.9 Å². The molecule has 0 bridgehead atoms. The van der Waals surface area contributed by atoms with Gasteiger partial charge in [-0.3, -0.25) is 9.88 Å². The van der Waals surface area contributed by atoms with Crippen molar-refractivity contribution in [2.24, 2.45) is 0 Å². The van der Waals surface area contributed by atoms with E-state index in [2.05, 4.69) is 21.8 Å². The normalized spacial score (nSPS) is 18.2. The average Bonchev–Trinajstić information content (AvgIpc) is 2.87. The van der Waals surface area contributed by atoms with Gasteiger partial charge >= 0.3 is 12.0 Å². The van der Waals surface area contributed by atoms with E-state index in [1.54, 1.807) is 21.9 Å². The van der Waals surface area contributed by atoms with Gasteiger partial charge in [0.25, 0.3) is 0 Å². The highest BCUT2D eigenvalue weighted by atomic mass is 32.2. The van der Waals surface area contributed by atoms with E-state index in [1.807, 2.05) is 24.3 Å². The Bertz CT molecular complexity index is 1150. The van der Waals surface area contributed by atoms with Crippen LogP contribution in [-0.4, -0.2) is 100 Å². The Morgan fingerprint density at radius 2 is 1.74 bits per heavy atom. The number of nitrogens with zero attached hydrogens (tertiary/aromatic N) is 5. The fourth-order valence-corrected chi connectivity index (χ4v) is 5.39. The highest BCUT2D eigenvalue weighted by Gasteiger charge is 2.29. The Balaban J connectivity index is 1.60. The zero-order valence-electron chi connectivity index (χ0n) is 20.1. The van der Waals surface area contributed by atoms with Gasteiger partial charge in [0.05, 0.1) is 36.4 Å². The number of likely N-dealkylation sites (N-methyl/N-ethyl adjacent to an activating group) is 1. The molecule has 11 heteroatoms. The minimum atomic E-state index is -3.12. The molecule has 35 heavy (non-hydrogen) atoms. The molecule has 3 heterocycles. The SMILES string of the molecule is COC(=O)c1ccc(CN(C(=O)N2CCS(=O)(=O)CC2)c2cccc(N3CCN(C)CC3)c2)nc1. The lowest BCUT2D eigenvalue weighted by Crippen LogP contribution is -2.50. The van der Waals surface area contributed by atoms with Crippen molar-refractivity contribution >= 4 is 33.2 Å². The number of methoxy groups -OCH3 is 1. The molecule has 2 aliphatic heterocycles. The standard InChI is InChI=1S/C24H31N5O5S/c1-26-8-10-27(11-9-26)21-4-3-5-22(16-21)29(24(31)28-12-14-35(32,33)15-13-28)18-20-7-6-19(17-25-20)23(30)34-2/h3-7,16-17H,8-15,18H2,1-2H3. The number of piperazine rings is 1. The van der Waals surface area contributed by atoms with Crippen LogP contribution in [0.2, 0.25) is 0 Å². The summed E-state index contributed by atoms with van der Waals surface area (Å²) in [5, 5.41) is 0. The van der Waals surface area contributed by atoms with Crippen LogP contribution in [0.5, 0.6) is 0 Å². The zero-order chi connectivity index (χ0) is 25.0. The number of aromatic nitrogens is 1. The number of amides is 2. The monoisotopic (exact) mass is 501 g/mol. The van der Waals surface area contributed by atoms with Gasteiger partial charge in [-0.15, -0.1) is 0 Å².